The molecular weight excluding hydrogens is 250 g/mol. The van der Waals surface area contributed by atoms with E-state index in [2.05, 4.69) is 18.7 Å². The van der Waals surface area contributed by atoms with Crippen LogP contribution in [0.3, 0.4) is 0 Å². The van der Waals surface area contributed by atoms with E-state index < -0.39 is 11.9 Å². The molecule has 110 valence electrons. The van der Waals surface area contributed by atoms with Crippen LogP contribution < -0.4 is 0 Å². The van der Waals surface area contributed by atoms with Gasteiger partial charge in [0.2, 0.25) is 0 Å². The topological polar surface area (TPSA) is 94.9 Å². The monoisotopic (exact) mass is 273 g/mol. The van der Waals surface area contributed by atoms with Crippen molar-refractivity contribution >= 4 is 17.7 Å². The Morgan fingerprint density at radius 3 is 1.68 bits per heavy atom. The molecule has 0 saturated heterocycles. The molecule has 0 radical (unpaired) electrons. The van der Waals surface area contributed by atoms with Crippen molar-refractivity contribution in [2.45, 2.75) is 34.1 Å². The van der Waals surface area contributed by atoms with Crippen molar-refractivity contribution < 1.29 is 24.6 Å². The lowest BCUT2D eigenvalue weighted by atomic mass is 10.2. The quantitative estimate of drug-likeness (QED) is 0.561. The van der Waals surface area contributed by atoms with E-state index in [1.165, 1.54) is 0 Å². The van der Waals surface area contributed by atoms with Crippen molar-refractivity contribution in [3.63, 3.8) is 0 Å². The Labute approximate surface area is 113 Å². The molecule has 0 aromatic heterocycles. The van der Waals surface area contributed by atoms with Crippen LogP contribution in [-0.4, -0.2) is 52.5 Å². The van der Waals surface area contributed by atoms with E-state index in [1.54, 1.807) is 6.08 Å². The first-order chi connectivity index (χ1) is 8.74. The van der Waals surface area contributed by atoms with Crippen LogP contribution in [0.15, 0.2) is 11.6 Å². The van der Waals surface area contributed by atoms with E-state index in [0.717, 1.165) is 25.2 Å². The van der Waals surface area contributed by atoms with Gasteiger partial charge in [-0.25, -0.2) is 9.59 Å². The summed E-state index contributed by atoms with van der Waals surface area (Å²) < 4.78 is 0. The fraction of sp³-hybridized carbons (Fsp3) is 0.615. The van der Waals surface area contributed by atoms with Gasteiger partial charge in [0.05, 0.1) is 0 Å². The Bertz CT molecular complexity index is 316. The van der Waals surface area contributed by atoms with E-state index in [-0.39, 0.29) is 5.78 Å². The van der Waals surface area contributed by atoms with Gasteiger partial charge in [0.1, 0.15) is 0 Å². The molecule has 0 amide bonds. The highest BCUT2D eigenvalue weighted by atomic mass is 16.4. The van der Waals surface area contributed by atoms with Gasteiger partial charge in [0.15, 0.2) is 5.78 Å². The van der Waals surface area contributed by atoms with Gasteiger partial charge in [-0.3, -0.25) is 4.79 Å². The van der Waals surface area contributed by atoms with Crippen molar-refractivity contribution in [3.8, 4) is 0 Å². The van der Waals surface area contributed by atoms with E-state index in [0.29, 0.717) is 6.42 Å². The van der Waals surface area contributed by atoms with Crippen LogP contribution in [-0.2, 0) is 14.4 Å². The second-order valence-electron chi connectivity index (χ2n) is 4.08. The van der Waals surface area contributed by atoms with E-state index >= 15 is 0 Å². The van der Waals surface area contributed by atoms with Crippen LogP contribution in [0.25, 0.3) is 0 Å². The Morgan fingerprint density at radius 1 is 1.00 bits per heavy atom. The molecule has 0 aliphatic heterocycles. The summed E-state index contributed by atoms with van der Waals surface area (Å²) >= 11 is 0. The number of allylic oxidation sites excluding steroid dienone is 2. The standard InChI is InChI=1S/C11H21NO.C2H2O4/c1-5-12(6-2)8-7-11(13)9-10(3)4;3-1(4)2(5)6/h9H,5-8H2,1-4H3;(H,3,4)(H,5,6). The predicted molar refractivity (Wildman–Crippen MR) is 72.1 cm³/mol. The van der Waals surface area contributed by atoms with E-state index in [9.17, 15) is 4.79 Å². The molecule has 2 N–H and O–H groups in total. The van der Waals surface area contributed by atoms with Gasteiger partial charge < -0.3 is 15.1 Å². The SMILES string of the molecule is CCN(CC)CCC(=O)C=C(C)C.O=C(O)C(=O)O. The molecule has 0 rings (SSSR count). The highest BCUT2D eigenvalue weighted by Gasteiger charge is 2.04. The van der Waals surface area contributed by atoms with Crippen molar-refractivity contribution in [1.82, 2.24) is 4.90 Å². The molecular formula is C13H23NO5. The number of carbonyl (C=O) groups excluding carboxylic acids is 1. The van der Waals surface area contributed by atoms with Crippen LogP contribution >= 0.6 is 0 Å². The summed E-state index contributed by atoms with van der Waals surface area (Å²) in [7, 11) is 0. The number of carboxylic acid groups (broad SMARTS) is 2. The molecule has 0 fully saturated rings. The van der Waals surface area contributed by atoms with Gasteiger partial charge >= 0.3 is 11.9 Å². The molecule has 0 aliphatic carbocycles. The molecule has 6 nitrogen and oxygen atoms in total. The summed E-state index contributed by atoms with van der Waals surface area (Å²) in [6, 6.07) is 0. The lowest BCUT2D eigenvalue weighted by molar-refractivity contribution is -0.159. The summed E-state index contributed by atoms with van der Waals surface area (Å²) in [5.41, 5.74) is 1.09. The second-order valence-corrected chi connectivity index (χ2v) is 4.08. The Morgan fingerprint density at radius 2 is 1.42 bits per heavy atom. The third kappa shape index (κ3) is 14.2. The fourth-order valence-electron chi connectivity index (χ4n) is 1.20. The molecule has 0 unspecified atom stereocenters. The average Bonchev–Trinajstić information content (AvgIpc) is 2.30. The zero-order valence-corrected chi connectivity index (χ0v) is 12.0. The van der Waals surface area contributed by atoms with Crippen LogP contribution in [0, 0.1) is 0 Å². The normalized spacial score (nSPS) is 9.32. The first-order valence-electron chi connectivity index (χ1n) is 6.10. The molecule has 0 bridgehead atoms. The molecule has 0 aromatic rings. The van der Waals surface area contributed by atoms with Crippen molar-refractivity contribution in [2.75, 3.05) is 19.6 Å². The molecule has 0 aromatic carbocycles. The zero-order chi connectivity index (χ0) is 15.4. The third-order valence-electron chi connectivity index (χ3n) is 2.20. The van der Waals surface area contributed by atoms with E-state index in [4.69, 9.17) is 19.8 Å². The maximum Gasteiger partial charge on any atom is 0.414 e. The van der Waals surface area contributed by atoms with Gasteiger partial charge in [-0.1, -0.05) is 19.4 Å². The van der Waals surface area contributed by atoms with Crippen molar-refractivity contribution in [2.24, 2.45) is 0 Å². The number of ketones is 1. The second kappa shape index (κ2) is 11.4. The number of carboxylic acids is 2. The molecule has 19 heavy (non-hydrogen) atoms. The summed E-state index contributed by atoms with van der Waals surface area (Å²) in [6.45, 7) is 11.1. The summed E-state index contributed by atoms with van der Waals surface area (Å²) in [4.78, 5) is 31.7. The summed E-state index contributed by atoms with van der Waals surface area (Å²) in [5, 5.41) is 14.8. The lowest BCUT2D eigenvalue weighted by Crippen LogP contribution is -2.25. The Hall–Kier alpha value is -1.69. The molecule has 0 spiro atoms. The highest BCUT2D eigenvalue weighted by Crippen LogP contribution is 1.96. The molecule has 6 heteroatoms. The number of rotatable bonds is 6. The van der Waals surface area contributed by atoms with Gasteiger partial charge in [-0.05, 0) is 33.0 Å². The van der Waals surface area contributed by atoms with Crippen molar-refractivity contribution in [3.05, 3.63) is 11.6 Å². The van der Waals surface area contributed by atoms with Gasteiger partial charge in [0, 0.05) is 13.0 Å². The molecule has 0 atom stereocenters. The third-order valence-corrected chi connectivity index (χ3v) is 2.20. The predicted octanol–water partition coefficient (Wildman–Crippen LogP) is 1.41. The molecule has 0 saturated carbocycles. The van der Waals surface area contributed by atoms with Crippen LogP contribution in [0.5, 0.6) is 0 Å². The van der Waals surface area contributed by atoms with Crippen molar-refractivity contribution in [1.29, 1.82) is 0 Å². The Balaban J connectivity index is 0. The molecule has 0 heterocycles. The number of hydrogen-bond donors (Lipinski definition) is 2. The largest absolute Gasteiger partial charge is 0.473 e. The maximum atomic E-state index is 11.3. The summed E-state index contributed by atoms with van der Waals surface area (Å²) in [5.74, 6) is -3.41. The lowest BCUT2D eigenvalue weighted by Gasteiger charge is -2.16. The Kier molecular flexibility index (Phi) is 11.8. The van der Waals surface area contributed by atoms with E-state index in [1.807, 2.05) is 13.8 Å². The number of hydrogen-bond acceptors (Lipinski definition) is 4. The number of carbonyl (C=O) groups is 3. The van der Waals surface area contributed by atoms with Crippen LogP contribution in [0.4, 0.5) is 0 Å². The first-order valence-corrected chi connectivity index (χ1v) is 6.10. The molecule has 0 aliphatic rings. The minimum Gasteiger partial charge on any atom is -0.473 e. The van der Waals surface area contributed by atoms with Gasteiger partial charge in [-0.2, -0.15) is 0 Å². The minimum absolute atomic E-state index is 0.243. The summed E-state index contributed by atoms with van der Waals surface area (Å²) in [6.07, 6.45) is 2.37. The van der Waals surface area contributed by atoms with Crippen LogP contribution in [0.1, 0.15) is 34.1 Å². The maximum absolute atomic E-state index is 11.3. The zero-order valence-electron chi connectivity index (χ0n) is 12.0. The van der Waals surface area contributed by atoms with Crippen LogP contribution in [0.2, 0.25) is 0 Å². The number of aliphatic carboxylic acids is 2. The van der Waals surface area contributed by atoms with Gasteiger partial charge in [-0.15, -0.1) is 0 Å². The minimum atomic E-state index is -1.82. The average molecular weight is 273 g/mol. The smallest absolute Gasteiger partial charge is 0.414 e. The fourth-order valence-corrected chi connectivity index (χ4v) is 1.20. The van der Waals surface area contributed by atoms with Gasteiger partial charge in [0.25, 0.3) is 0 Å². The first kappa shape index (κ1) is 19.6. The highest BCUT2D eigenvalue weighted by molar-refractivity contribution is 6.27. The number of nitrogens with zero attached hydrogens (tertiary/aromatic N) is 1.